The Kier molecular flexibility index (Phi) is 5.61. The van der Waals surface area contributed by atoms with Gasteiger partial charge in [0.05, 0.1) is 6.04 Å². The number of hydrogen-bond donors (Lipinski definition) is 1. The van der Waals surface area contributed by atoms with Crippen LogP contribution >= 0.6 is 0 Å². The molecule has 1 atom stereocenters. The zero-order valence-corrected chi connectivity index (χ0v) is 12.6. The van der Waals surface area contributed by atoms with Gasteiger partial charge in [-0.25, -0.2) is 4.39 Å². The number of pyridine rings is 1. The normalized spacial score (nSPS) is 12.0. The number of hydrogen-bond acceptors (Lipinski definition) is 3. The maximum Gasteiger partial charge on any atom is 0.239 e. The van der Waals surface area contributed by atoms with Crippen molar-refractivity contribution in [2.75, 3.05) is 6.54 Å². The average molecular weight is 301 g/mol. The Hall–Kier alpha value is -2.27. The molecule has 1 aromatic carbocycles. The maximum atomic E-state index is 13.0. The minimum atomic E-state index is -0.566. The summed E-state index contributed by atoms with van der Waals surface area (Å²) in [6.45, 7) is 2.60. The molecule has 2 aromatic rings. The largest absolute Gasteiger partial charge is 0.337 e. The van der Waals surface area contributed by atoms with Crippen molar-refractivity contribution in [3.63, 3.8) is 0 Å². The first-order chi connectivity index (χ1) is 10.6. The van der Waals surface area contributed by atoms with Crippen molar-refractivity contribution < 1.29 is 9.18 Å². The molecule has 0 bridgehead atoms. The van der Waals surface area contributed by atoms with E-state index in [1.807, 2.05) is 18.2 Å². The van der Waals surface area contributed by atoms with Crippen molar-refractivity contribution in [2.24, 2.45) is 5.73 Å². The summed E-state index contributed by atoms with van der Waals surface area (Å²) in [7, 11) is 0. The zero-order chi connectivity index (χ0) is 15.9. The molecule has 0 saturated carbocycles. The molecule has 0 saturated heterocycles. The zero-order valence-electron chi connectivity index (χ0n) is 12.6. The molecule has 0 fully saturated rings. The van der Waals surface area contributed by atoms with Crippen molar-refractivity contribution in [1.82, 2.24) is 9.88 Å². The van der Waals surface area contributed by atoms with E-state index in [0.29, 0.717) is 19.5 Å². The summed E-state index contributed by atoms with van der Waals surface area (Å²) >= 11 is 0. The molecule has 22 heavy (non-hydrogen) atoms. The number of carbonyl (C=O) groups is 1. The van der Waals surface area contributed by atoms with Crippen LogP contribution in [0.4, 0.5) is 4.39 Å². The van der Waals surface area contributed by atoms with E-state index in [0.717, 1.165) is 11.3 Å². The molecule has 0 aliphatic carbocycles. The van der Waals surface area contributed by atoms with E-state index in [1.54, 1.807) is 30.2 Å². The van der Waals surface area contributed by atoms with Crippen LogP contribution in [0.3, 0.4) is 0 Å². The summed E-state index contributed by atoms with van der Waals surface area (Å²) in [6, 6.07) is 11.3. The number of halogens is 1. The monoisotopic (exact) mass is 301 g/mol. The minimum absolute atomic E-state index is 0.125. The predicted molar refractivity (Wildman–Crippen MR) is 83.4 cm³/mol. The van der Waals surface area contributed by atoms with E-state index in [1.165, 1.54) is 12.1 Å². The Balaban J connectivity index is 2.05. The quantitative estimate of drug-likeness (QED) is 0.889. The molecule has 2 N–H and O–H groups in total. The first-order valence-electron chi connectivity index (χ1n) is 7.25. The molecule has 116 valence electrons. The summed E-state index contributed by atoms with van der Waals surface area (Å²) in [5, 5.41) is 0. The van der Waals surface area contributed by atoms with Crippen LogP contribution in [0, 0.1) is 5.82 Å². The van der Waals surface area contributed by atoms with Gasteiger partial charge in [-0.1, -0.05) is 18.2 Å². The van der Waals surface area contributed by atoms with Gasteiger partial charge in [-0.15, -0.1) is 0 Å². The second-order valence-electron chi connectivity index (χ2n) is 5.25. The van der Waals surface area contributed by atoms with Crippen LogP contribution in [-0.4, -0.2) is 28.4 Å². The fourth-order valence-electron chi connectivity index (χ4n) is 2.16. The van der Waals surface area contributed by atoms with Crippen molar-refractivity contribution in [1.29, 1.82) is 0 Å². The Morgan fingerprint density at radius 3 is 2.59 bits per heavy atom. The second kappa shape index (κ2) is 7.66. The van der Waals surface area contributed by atoms with Gasteiger partial charge in [-0.2, -0.15) is 0 Å². The summed E-state index contributed by atoms with van der Waals surface area (Å²) in [5.41, 5.74) is 7.51. The van der Waals surface area contributed by atoms with Crippen LogP contribution in [0.5, 0.6) is 0 Å². The highest BCUT2D eigenvalue weighted by molar-refractivity contribution is 5.81. The van der Waals surface area contributed by atoms with Crippen LogP contribution in [0.25, 0.3) is 0 Å². The molecule has 1 aromatic heterocycles. The number of nitrogens with two attached hydrogens (primary N) is 1. The number of aromatic nitrogens is 1. The number of carbonyl (C=O) groups excluding carboxylic acids is 1. The molecule has 2 rings (SSSR count). The second-order valence-corrected chi connectivity index (χ2v) is 5.25. The summed E-state index contributed by atoms with van der Waals surface area (Å²) in [4.78, 5) is 18.2. The molecule has 0 aliphatic heterocycles. The van der Waals surface area contributed by atoms with E-state index in [9.17, 15) is 9.18 Å². The third-order valence-electron chi connectivity index (χ3n) is 3.35. The average Bonchev–Trinajstić information content (AvgIpc) is 2.53. The highest BCUT2D eigenvalue weighted by Gasteiger charge is 2.17. The van der Waals surface area contributed by atoms with Crippen molar-refractivity contribution in [3.8, 4) is 0 Å². The molecule has 0 spiro atoms. The SMILES string of the molecule is CC(N)C(=O)N(CCc1ccccn1)Cc1ccc(F)cc1. The Labute approximate surface area is 129 Å². The highest BCUT2D eigenvalue weighted by atomic mass is 19.1. The van der Waals surface area contributed by atoms with E-state index in [2.05, 4.69) is 4.98 Å². The van der Waals surface area contributed by atoms with Crippen LogP contribution in [-0.2, 0) is 17.8 Å². The van der Waals surface area contributed by atoms with Gasteiger partial charge in [0.25, 0.3) is 0 Å². The Morgan fingerprint density at radius 1 is 1.27 bits per heavy atom. The Morgan fingerprint density at radius 2 is 2.00 bits per heavy atom. The van der Waals surface area contributed by atoms with Crippen LogP contribution in [0.2, 0.25) is 0 Å². The lowest BCUT2D eigenvalue weighted by Crippen LogP contribution is -2.42. The van der Waals surface area contributed by atoms with Gasteiger partial charge >= 0.3 is 0 Å². The van der Waals surface area contributed by atoms with Gasteiger partial charge in [0.2, 0.25) is 5.91 Å². The smallest absolute Gasteiger partial charge is 0.239 e. The lowest BCUT2D eigenvalue weighted by atomic mass is 10.1. The number of amides is 1. The molecule has 5 heteroatoms. The van der Waals surface area contributed by atoms with Crippen LogP contribution in [0.1, 0.15) is 18.2 Å². The van der Waals surface area contributed by atoms with E-state index < -0.39 is 6.04 Å². The first-order valence-corrected chi connectivity index (χ1v) is 7.25. The molecule has 0 radical (unpaired) electrons. The summed E-state index contributed by atoms with van der Waals surface area (Å²) in [5.74, 6) is -0.414. The van der Waals surface area contributed by atoms with Gasteiger partial charge in [0.15, 0.2) is 0 Å². The third kappa shape index (κ3) is 4.63. The Bertz CT molecular complexity index is 599. The van der Waals surface area contributed by atoms with Crippen molar-refractivity contribution >= 4 is 5.91 Å². The van der Waals surface area contributed by atoms with Gasteiger partial charge in [0.1, 0.15) is 5.82 Å². The van der Waals surface area contributed by atoms with E-state index >= 15 is 0 Å². The number of nitrogens with zero attached hydrogens (tertiary/aromatic N) is 2. The van der Waals surface area contributed by atoms with Gasteiger partial charge in [-0.05, 0) is 36.8 Å². The highest BCUT2D eigenvalue weighted by Crippen LogP contribution is 2.09. The molecule has 1 amide bonds. The lowest BCUT2D eigenvalue weighted by Gasteiger charge is -2.24. The van der Waals surface area contributed by atoms with Crippen molar-refractivity contribution in [3.05, 3.63) is 65.7 Å². The molecule has 0 aliphatic rings. The number of benzene rings is 1. The van der Waals surface area contributed by atoms with E-state index in [4.69, 9.17) is 5.73 Å². The van der Waals surface area contributed by atoms with E-state index in [-0.39, 0.29) is 11.7 Å². The summed E-state index contributed by atoms with van der Waals surface area (Å²) < 4.78 is 13.0. The lowest BCUT2D eigenvalue weighted by molar-refractivity contribution is -0.132. The fraction of sp³-hybridized carbons (Fsp3) is 0.294. The molecule has 1 unspecified atom stereocenters. The fourth-order valence-corrected chi connectivity index (χ4v) is 2.16. The van der Waals surface area contributed by atoms with Gasteiger partial charge in [-0.3, -0.25) is 9.78 Å². The first kappa shape index (κ1) is 16.1. The van der Waals surface area contributed by atoms with Crippen LogP contribution < -0.4 is 5.73 Å². The number of rotatable bonds is 6. The third-order valence-corrected chi connectivity index (χ3v) is 3.35. The van der Waals surface area contributed by atoms with Gasteiger partial charge in [0, 0.05) is 31.4 Å². The molecular weight excluding hydrogens is 281 g/mol. The summed E-state index contributed by atoms with van der Waals surface area (Å²) in [6.07, 6.45) is 2.38. The maximum absolute atomic E-state index is 13.0. The van der Waals surface area contributed by atoms with Crippen molar-refractivity contribution in [2.45, 2.75) is 25.9 Å². The molecular formula is C17H20FN3O. The topological polar surface area (TPSA) is 59.2 Å². The van der Waals surface area contributed by atoms with Crippen LogP contribution in [0.15, 0.2) is 48.7 Å². The molecule has 4 nitrogen and oxygen atoms in total. The predicted octanol–water partition coefficient (Wildman–Crippen LogP) is 2.14. The minimum Gasteiger partial charge on any atom is -0.337 e. The molecule has 1 heterocycles. The standard InChI is InChI=1S/C17H20FN3O/c1-13(19)17(22)21(11-9-16-4-2-3-10-20-16)12-14-5-7-15(18)8-6-14/h2-8,10,13H,9,11-12,19H2,1H3. The van der Waals surface area contributed by atoms with Gasteiger partial charge < -0.3 is 10.6 Å².